The van der Waals surface area contributed by atoms with Gasteiger partial charge in [-0.25, -0.2) is 0 Å². The molecule has 1 aromatic rings. The van der Waals surface area contributed by atoms with Crippen LogP contribution in [0.4, 0.5) is 5.69 Å². The van der Waals surface area contributed by atoms with Crippen LogP contribution in [0.15, 0.2) is 10.7 Å². The van der Waals surface area contributed by atoms with Gasteiger partial charge in [0.1, 0.15) is 6.26 Å². The molecule has 2 amide bonds. The molecule has 0 aliphatic carbocycles. The van der Waals surface area contributed by atoms with E-state index in [1.807, 2.05) is 0 Å². The maximum absolute atomic E-state index is 11.3. The van der Waals surface area contributed by atoms with E-state index in [0.717, 1.165) is 12.8 Å². The molecule has 5 heteroatoms. The number of anilines is 1. The topological polar surface area (TPSA) is 85.3 Å². The molecule has 0 saturated heterocycles. The van der Waals surface area contributed by atoms with Gasteiger partial charge in [-0.3, -0.25) is 9.59 Å². The average molecular weight is 280 g/mol. The molecule has 5 nitrogen and oxygen atoms in total. The number of nitrogens with one attached hydrogen (secondary N) is 1. The molecule has 0 saturated carbocycles. The largest absolute Gasteiger partial charge is 0.457 e. The summed E-state index contributed by atoms with van der Waals surface area (Å²) in [6, 6.07) is 0. The molecule has 0 fully saturated rings. The van der Waals surface area contributed by atoms with Crippen molar-refractivity contribution in [2.24, 2.45) is 5.73 Å². The van der Waals surface area contributed by atoms with Crippen LogP contribution >= 0.6 is 0 Å². The Balaban J connectivity index is 2.58. The third-order valence-electron chi connectivity index (χ3n) is 3.21. The number of furan rings is 1. The van der Waals surface area contributed by atoms with Gasteiger partial charge in [0.25, 0.3) is 5.91 Å². The first-order valence-electron chi connectivity index (χ1n) is 7.24. The van der Waals surface area contributed by atoms with E-state index >= 15 is 0 Å². The third kappa shape index (κ3) is 5.07. The van der Waals surface area contributed by atoms with Gasteiger partial charge < -0.3 is 15.5 Å². The van der Waals surface area contributed by atoms with E-state index in [-0.39, 0.29) is 11.7 Å². The van der Waals surface area contributed by atoms with E-state index in [1.165, 1.54) is 38.9 Å². The molecule has 1 rings (SSSR count). The lowest BCUT2D eigenvalue weighted by molar-refractivity contribution is -0.114. The van der Waals surface area contributed by atoms with Crippen molar-refractivity contribution >= 4 is 17.5 Å². The van der Waals surface area contributed by atoms with Crippen LogP contribution in [0.2, 0.25) is 0 Å². The summed E-state index contributed by atoms with van der Waals surface area (Å²) in [5.41, 5.74) is 6.55. The highest BCUT2D eigenvalue weighted by Gasteiger charge is 2.18. The quantitative estimate of drug-likeness (QED) is 0.681. The molecule has 3 N–H and O–H groups in total. The van der Waals surface area contributed by atoms with Crippen LogP contribution < -0.4 is 11.1 Å². The van der Waals surface area contributed by atoms with Gasteiger partial charge in [0.15, 0.2) is 5.76 Å². The lowest BCUT2D eigenvalue weighted by atomic mass is 10.0. The summed E-state index contributed by atoms with van der Waals surface area (Å²) in [7, 11) is 0. The minimum absolute atomic E-state index is 0.155. The molecule has 20 heavy (non-hydrogen) atoms. The summed E-state index contributed by atoms with van der Waals surface area (Å²) < 4.78 is 5.16. The Hall–Kier alpha value is -1.78. The van der Waals surface area contributed by atoms with Gasteiger partial charge in [0, 0.05) is 12.5 Å². The predicted molar refractivity (Wildman–Crippen MR) is 78.6 cm³/mol. The number of primary amides is 1. The van der Waals surface area contributed by atoms with Crippen molar-refractivity contribution in [1.82, 2.24) is 0 Å². The number of hydrogen-bond donors (Lipinski definition) is 2. The van der Waals surface area contributed by atoms with Crippen LogP contribution in [0.3, 0.4) is 0 Å². The van der Waals surface area contributed by atoms with E-state index in [2.05, 4.69) is 12.2 Å². The van der Waals surface area contributed by atoms with Gasteiger partial charge in [-0.1, -0.05) is 39.0 Å². The Kier molecular flexibility index (Phi) is 6.84. The SMILES string of the molecule is CCCCCCCCc1c(NC(C)=O)coc1C(N)=O. The first-order valence-corrected chi connectivity index (χ1v) is 7.24. The fourth-order valence-corrected chi connectivity index (χ4v) is 2.21. The number of unbranched alkanes of at least 4 members (excludes halogenated alkanes) is 5. The van der Waals surface area contributed by atoms with E-state index in [1.54, 1.807) is 0 Å². The second-order valence-corrected chi connectivity index (χ2v) is 5.02. The second-order valence-electron chi connectivity index (χ2n) is 5.02. The molecular formula is C15H24N2O3. The zero-order valence-corrected chi connectivity index (χ0v) is 12.3. The highest BCUT2D eigenvalue weighted by atomic mass is 16.3. The molecule has 0 aliphatic rings. The molecule has 0 unspecified atom stereocenters. The number of amides is 2. The van der Waals surface area contributed by atoms with Gasteiger partial charge in [-0.15, -0.1) is 0 Å². The van der Waals surface area contributed by atoms with Crippen molar-refractivity contribution in [3.05, 3.63) is 17.6 Å². The lowest BCUT2D eigenvalue weighted by Crippen LogP contribution is -2.13. The molecule has 112 valence electrons. The first kappa shape index (κ1) is 16.3. The summed E-state index contributed by atoms with van der Waals surface area (Å²) in [4.78, 5) is 22.4. The standard InChI is InChI=1S/C15H24N2O3/c1-3-4-5-6-7-8-9-12-13(17-11(2)18)10-20-14(12)15(16)19/h10H,3-9H2,1-2H3,(H2,16,19)(H,17,18). The normalized spacial score (nSPS) is 10.5. The number of hydrogen-bond acceptors (Lipinski definition) is 3. The van der Waals surface area contributed by atoms with Crippen molar-refractivity contribution in [3.63, 3.8) is 0 Å². The third-order valence-corrected chi connectivity index (χ3v) is 3.21. The smallest absolute Gasteiger partial charge is 0.284 e. The van der Waals surface area contributed by atoms with Crippen LogP contribution in [0.5, 0.6) is 0 Å². The predicted octanol–water partition coefficient (Wildman–Crippen LogP) is 3.24. The number of rotatable bonds is 9. The minimum Gasteiger partial charge on any atom is -0.457 e. The average Bonchev–Trinajstić information content (AvgIpc) is 2.76. The van der Waals surface area contributed by atoms with E-state index < -0.39 is 5.91 Å². The summed E-state index contributed by atoms with van der Waals surface area (Å²) in [5.74, 6) is -0.629. The van der Waals surface area contributed by atoms with Crippen molar-refractivity contribution in [2.45, 2.75) is 58.8 Å². The zero-order chi connectivity index (χ0) is 15.0. The lowest BCUT2D eigenvalue weighted by Gasteiger charge is -2.05. The number of carbonyl (C=O) groups excluding carboxylic acids is 2. The summed E-state index contributed by atoms with van der Waals surface area (Å²) in [6.07, 6.45) is 9.04. The van der Waals surface area contributed by atoms with Crippen molar-refractivity contribution in [3.8, 4) is 0 Å². The molecular weight excluding hydrogens is 256 g/mol. The first-order chi connectivity index (χ1) is 9.56. The minimum atomic E-state index is -0.595. The van der Waals surface area contributed by atoms with E-state index in [0.29, 0.717) is 17.7 Å². The Morgan fingerprint density at radius 1 is 1.20 bits per heavy atom. The summed E-state index contributed by atoms with van der Waals surface area (Å²) in [6.45, 7) is 3.61. The monoisotopic (exact) mass is 280 g/mol. The molecule has 1 heterocycles. The van der Waals surface area contributed by atoms with Crippen molar-refractivity contribution in [2.75, 3.05) is 5.32 Å². The van der Waals surface area contributed by atoms with E-state index in [4.69, 9.17) is 10.2 Å². The van der Waals surface area contributed by atoms with Crippen molar-refractivity contribution < 1.29 is 14.0 Å². The molecule has 1 aromatic heterocycles. The second kappa shape index (κ2) is 8.40. The van der Waals surface area contributed by atoms with Gasteiger partial charge in [-0.05, 0) is 12.8 Å². The van der Waals surface area contributed by atoms with Crippen LogP contribution in [-0.2, 0) is 11.2 Å². The van der Waals surface area contributed by atoms with Crippen LogP contribution in [-0.4, -0.2) is 11.8 Å². The van der Waals surface area contributed by atoms with E-state index in [9.17, 15) is 9.59 Å². The summed E-state index contributed by atoms with van der Waals surface area (Å²) >= 11 is 0. The zero-order valence-electron chi connectivity index (χ0n) is 12.3. The Morgan fingerprint density at radius 2 is 1.85 bits per heavy atom. The Morgan fingerprint density at radius 3 is 2.45 bits per heavy atom. The van der Waals surface area contributed by atoms with Gasteiger partial charge in [-0.2, -0.15) is 0 Å². The summed E-state index contributed by atoms with van der Waals surface area (Å²) in [5, 5.41) is 2.67. The molecule has 0 radical (unpaired) electrons. The Labute approximate surface area is 119 Å². The van der Waals surface area contributed by atoms with Crippen LogP contribution in [0.25, 0.3) is 0 Å². The molecule has 0 atom stereocenters. The highest BCUT2D eigenvalue weighted by molar-refractivity contribution is 5.96. The maximum atomic E-state index is 11.3. The fraction of sp³-hybridized carbons (Fsp3) is 0.600. The van der Waals surface area contributed by atoms with Gasteiger partial charge >= 0.3 is 0 Å². The fourth-order valence-electron chi connectivity index (χ4n) is 2.21. The Bertz CT molecular complexity index is 452. The molecule has 0 aromatic carbocycles. The molecule has 0 aliphatic heterocycles. The van der Waals surface area contributed by atoms with Crippen molar-refractivity contribution in [1.29, 1.82) is 0 Å². The van der Waals surface area contributed by atoms with Gasteiger partial charge in [0.05, 0.1) is 5.69 Å². The van der Waals surface area contributed by atoms with Crippen LogP contribution in [0, 0.1) is 0 Å². The maximum Gasteiger partial charge on any atom is 0.284 e. The number of carbonyl (C=O) groups is 2. The number of nitrogens with two attached hydrogens (primary N) is 1. The molecule has 0 spiro atoms. The van der Waals surface area contributed by atoms with Crippen LogP contribution in [0.1, 0.15) is 68.5 Å². The highest BCUT2D eigenvalue weighted by Crippen LogP contribution is 2.25. The van der Waals surface area contributed by atoms with Gasteiger partial charge in [0.2, 0.25) is 5.91 Å². The molecule has 0 bridgehead atoms.